The third-order valence-corrected chi connectivity index (χ3v) is 8.86. The first-order valence-electron chi connectivity index (χ1n) is 10.5. The number of rotatable bonds is 5. The first kappa shape index (κ1) is 21.3. The molecule has 1 amide bonds. The van der Waals surface area contributed by atoms with Gasteiger partial charge in [-0.15, -0.1) is 0 Å². The summed E-state index contributed by atoms with van der Waals surface area (Å²) < 4.78 is 26.2. The Hall–Kier alpha value is -1.40. The molecule has 0 spiro atoms. The average molecular weight is 407 g/mol. The summed E-state index contributed by atoms with van der Waals surface area (Å²) in [4.78, 5) is 18.1. The van der Waals surface area contributed by atoms with E-state index in [1.165, 1.54) is 0 Å². The van der Waals surface area contributed by atoms with E-state index in [0.717, 1.165) is 43.6 Å². The highest BCUT2D eigenvalue weighted by atomic mass is 32.2. The summed E-state index contributed by atoms with van der Waals surface area (Å²) in [6.07, 6.45) is 2.47. The second-order valence-corrected chi connectivity index (χ2v) is 11.2. The van der Waals surface area contributed by atoms with Gasteiger partial charge in [-0.1, -0.05) is 38.8 Å². The predicted octanol–water partition coefficient (Wildman–Crippen LogP) is 3.19. The van der Waals surface area contributed by atoms with Crippen LogP contribution in [0.25, 0.3) is 0 Å². The lowest BCUT2D eigenvalue weighted by Gasteiger charge is -2.40. The Balaban J connectivity index is 1.88. The zero-order valence-corrected chi connectivity index (χ0v) is 18.5. The summed E-state index contributed by atoms with van der Waals surface area (Å²) in [6.45, 7) is 12.0. The second-order valence-electron chi connectivity index (χ2n) is 8.96. The fourth-order valence-corrected chi connectivity index (χ4v) is 7.13. The van der Waals surface area contributed by atoms with Gasteiger partial charge in [0.25, 0.3) is 0 Å². The van der Waals surface area contributed by atoms with Gasteiger partial charge < -0.3 is 4.90 Å². The van der Waals surface area contributed by atoms with Crippen molar-refractivity contribution in [2.45, 2.75) is 63.0 Å². The Labute approximate surface area is 170 Å². The molecule has 5 nitrogen and oxygen atoms in total. The average Bonchev–Trinajstić information content (AvgIpc) is 3.15. The molecule has 1 saturated heterocycles. The van der Waals surface area contributed by atoms with Crippen LogP contribution in [0.15, 0.2) is 23.1 Å². The fourth-order valence-electron chi connectivity index (χ4n) is 4.69. The van der Waals surface area contributed by atoms with E-state index in [9.17, 15) is 13.2 Å². The normalized spacial score (nSPS) is 20.7. The van der Waals surface area contributed by atoms with E-state index < -0.39 is 14.6 Å². The number of amides is 1. The highest BCUT2D eigenvalue weighted by molar-refractivity contribution is 7.93. The van der Waals surface area contributed by atoms with Crippen molar-refractivity contribution in [3.8, 4) is 0 Å². The lowest BCUT2D eigenvalue weighted by molar-refractivity contribution is -0.135. The van der Waals surface area contributed by atoms with Crippen LogP contribution in [0.1, 0.15) is 50.7 Å². The molecule has 1 heterocycles. The minimum absolute atomic E-state index is 0.171. The van der Waals surface area contributed by atoms with Crippen LogP contribution in [0.2, 0.25) is 0 Å². The Morgan fingerprint density at radius 2 is 1.68 bits per heavy atom. The number of hydrogen-bond donors (Lipinski definition) is 0. The lowest BCUT2D eigenvalue weighted by Crippen LogP contribution is -2.57. The molecule has 1 aromatic carbocycles. The molecule has 0 N–H and O–H groups in total. The van der Waals surface area contributed by atoms with E-state index in [-0.39, 0.29) is 5.91 Å². The third kappa shape index (κ3) is 3.86. The van der Waals surface area contributed by atoms with E-state index in [1.54, 1.807) is 6.07 Å². The lowest BCUT2D eigenvalue weighted by atomic mass is 10.0. The number of carbonyl (C=O) groups is 1. The van der Waals surface area contributed by atoms with Crippen LogP contribution < -0.4 is 0 Å². The monoisotopic (exact) mass is 406 g/mol. The van der Waals surface area contributed by atoms with Crippen LogP contribution in [0.3, 0.4) is 0 Å². The molecule has 0 radical (unpaired) electrons. The molecule has 0 unspecified atom stereocenters. The number of aryl methyl sites for hydroxylation is 2. The maximum Gasteiger partial charge on any atom is 0.244 e. The summed E-state index contributed by atoms with van der Waals surface area (Å²) in [6, 6.07) is 5.50. The molecule has 0 bridgehead atoms. The van der Waals surface area contributed by atoms with Crippen molar-refractivity contribution >= 4 is 15.7 Å². The molecule has 156 valence electrons. The highest BCUT2D eigenvalue weighted by Gasteiger charge is 2.55. The highest BCUT2D eigenvalue weighted by Crippen LogP contribution is 2.43. The van der Waals surface area contributed by atoms with Crippen molar-refractivity contribution in [2.75, 3.05) is 32.7 Å². The minimum Gasteiger partial charge on any atom is -0.339 e. The molecule has 0 aromatic heterocycles. The fraction of sp³-hybridized carbons (Fsp3) is 0.682. The van der Waals surface area contributed by atoms with Crippen molar-refractivity contribution < 1.29 is 13.2 Å². The number of piperazine rings is 1. The van der Waals surface area contributed by atoms with Gasteiger partial charge in [0.2, 0.25) is 5.91 Å². The molecule has 1 aromatic rings. The van der Waals surface area contributed by atoms with Gasteiger partial charge in [-0.25, -0.2) is 8.42 Å². The quantitative estimate of drug-likeness (QED) is 0.754. The first-order chi connectivity index (χ1) is 13.2. The van der Waals surface area contributed by atoms with Gasteiger partial charge in [0.05, 0.1) is 4.90 Å². The SMILES string of the molecule is Cc1ccc(C)c(S(=O)(=O)C2(C(=O)N3CCN(CC(C)C)CC3)CCCC2)c1. The predicted molar refractivity (Wildman–Crippen MR) is 112 cm³/mol. The maximum atomic E-state index is 13.8. The summed E-state index contributed by atoms with van der Waals surface area (Å²) >= 11 is 0. The van der Waals surface area contributed by atoms with Crippen LogP contribution in [-0.4, -0.2) is 61.6 Å². The smallest absolute Gasteiger partial charge is 0.244 e. The van der Waals surface area contributed by atoms with Crippen molar-refractivity contribution in [3.05, 3.63) is 29.3 Å². The molecular formula is C22H34N2O3S. The van der Waals surface area contributed by atoms with Gasteiger partial charge in [-0.3, -0.25) is 9.69 Å². The summed E-state index contributed by atoms with van der Waals surface area (Å²) in [5.74, 6) is 0.420. The Kier molecular flexibility index (Phi) is 6.20. The van der Waals surface area contributed by atoms with Crippen LogP contribution in [0.4, 0.5) is 0 Å². The first-order valence-corrected chi connectivity index (χ1v) is 12.0. The van der Waals surface area contributed by atoms with Gasteiger partial charge in [0, 0.05) is 32.7 Å². The molecule has 0 atom stereocenters. The Morgan fingerprint density at radius 3 is 2.25 bits per heavy atom. The minimum atomic E-state index is -3.74. The summed E-state index contributed by atoms with van der Waals surface area (Å²) in [7, 11) is -3.74. The number of benzene rings is 1. The van der Waals surface area contributed by atoms with Crippen molar-refractivity contribution in [1.29, 1.82) is 0 Å². The summed E-state index contributed by atoms with van der Waals surface area (Å²) in [5, 5.41) is 0. The van der Waals surface area contributed by atoms with Gasteiger partial charge in [-0.05, 0) is 49.8 Å². The standard InChI is InChI=1S/C22H34N2O3S/c1-17(2)16-23-11-13-24(14-12-23)21(25)22(9-5-6-10-22)28(26,27)20-15-18(3)7-8-19(20)4/h7-8,15,17H,5-6,9-14,16H2,1-4H3. The number of carbonyl (C=O) groups excluding carboxylic acids is 1. The van der Waals surface area contributed by atoms with Gasteiger partial charge in [0.1, 0.15) is 0 Å². The van der Waals surface area contributed by atoms with E-state index in [0.29, 0.717) is 36.7 Å². The molecule has 2 aliphatic rings. The van der Waals surface area contributed by atoms with E-state index in [1.807, 2.05) is 30.9 Å². The number of nitrogens with zero attached hydrogens (tertiary/aromatic N) is 2. The van der Waals surface area contributed by atoms with Crippen LogP contribution in [-0.2, 0) is 14.6 Å². The molecule has 1 aliphatic heterocycles. The zero-order chi connectivity index (χ0) is 20.5. The van der Waals surface area contributed by atoms with E-state index in [4.69, 9.17) is 0 Å². The molecular weight excluding hydrogens is 372 g/mol. The summed E-state index contributed by atoms with van der Waals surface area (Å²) in [5.41, 5.74) is 1.64. The van der Waals surface area contributed by atoms with Gasteiger partial charge >= 0.3 is 0 Å². The largest absolute Gasteiger partial charge is 0.339 e. The van der Waals surface area contributed by atoms with Crippen molar-refractivity contribution in [2.24, 2.45) is 5.92 Å². The van der Waals surface area contributed by atoms with Gasteiger partial charge in [0.15, 0.2) is 14.6 Å². The molecule has 1 saturated carbocycles. The van der Waals surface area contributed by atoms with Crippen LogP contribution in [0.5, 0.6) is 0 Å². The molecule has 2 fully saturated rings. The Morgan fingerprint density at radius 1 is 1.07 bits per heavy atom. The third-order valence-electron chi connectivity index (χ3n) is 6.23. The number of hydrogen-bond acceptors (Lipinski definition) is 4. The van der Waals surface area contributed by atoms with Crippen molar-refractivity contribution in [3.63, 3.8) is 0 Å². The van der Waals surface area contributed by atoms with Crippen LogP contribution in [0, 0.1) is 19.8 Å². The van der Waals surface area contributed by atoms with E-state index in [2.05, 4.69) is 18.7 Å². The Bertz CT molecular complexity index is 818. The maximum absolute atomic E-state index is 13.8. The molecule has 3 rings (SSSR count). The number of sulfone groups is 1. The molecule has 28 heavy (non-hydrogen) atoms. The van der Waals surface area contributed by atoms with E-state index >= 15 is 0 Å². The zero-order valence-electron chi connectivity index (χ0n) is 17.7. The van der Waals surface area contributed by atoms with Crippen LogP contribution >= 0.6 is 0 Å². The molecule has 1 aliphatic carbocycles. The van der Waals surface area contributed by atoms with Gasteiger partial charge in [-0.2, -0.15) is 0 Å². The van der Waals surface area contributed by atoms with Crippen molar-refractivity contribution in [1.82, 2.24) is 9.80 Å². The second kappa shape index (κ2) is 8.15. The molecule has 6 heteroatoms. The topological polar surface area (TPSA) is 57.7 Å².